The van der Waals surface area contributed by atoms with Gasteiger partial charge in [-0.1, -0.05) is 37.6 Å². The number of benzene rings is 1. The number of rotatable bonds is 7. The van der Waals surface area contributed by atoms with E-state index >= 15 is 0 Å². The van der Waals surface area contributed by atoms with E-state index in [0.29, 0.717) is 25.3 Å². The Labute approximate surface area is 124 Å². The van der Waals surface area contributed by atoms with E-state index in [4.69, 9.17) is 4.74 Å². The number of nitrogens with one attached hydrogen (secondary N) is 1. The first-order valence-corrected chi connectivity index (χ1v) is 6.92. The number of alkyl halides is 3. The number of methoxy groups -OCH3 is 1. The fourth-order valence-corrected chi connectivity index (χ4v) is 1.85. The molecule has 2 nitrogen and oxygen atoms in total. The van der Waals surface area contributed by atoms with Gasteiger partial charge < -0.3 is 10.1 Å². The number of hydrogen-bond acceptors (Lipinski definition) is 2. The van der Waals surface area contributed by atoms with Gasteiger partial charge in [0.05, 0.1) is 12.2 Å². The maximum atomic E-state index is 12.7. The fraction of sp³-hybridized carbons (Fsp3) is 0.500. The quantitative estimate of drug-likeness (QED) is 0.769. The second-order valence-corrected chi connectivity index (χ2v) is 5.17. The Bertz CT molecular complexity index is 467. The Kier molecular flexibility index (Phi) is 6.92. The van der Waals surface area contributed by atoms with Crippen LogP contribution in [0.15, 0.2) is 29.8 Å². The van der Waals surface area contributed by atoms with E-state index in [1.165, 1.54) is 12.1 Å². The summed E-state index contributed by atoms with van der Waals surface area (Å²) in [6.07, 6.45) is -2.49. The van der Waals surface area contributed by atoms with E-state index < -0.39 is 11.7 Å². The maximum Gasteiger partial charge on any atom is 0.416 e. The Hall–Kier alpha value is -1.33. The van der Waals surface area contributed by atoms with Crippen molar-refractivity contribution in [2.45, 2.75) is 20.0 Å². The molecule has 1 N–H and O–H groups in total. The summed E-state index contributed by atoms with van der Waals surface area (Å²) in [6.45, 7) is 6.00. The minimum absolute atomic E-state index is 0.259. The van der Waals surface area contributed by atoms with Gasteiger partial charge in [0, 0.05) is 20.2 Å². The molecule has 0 spiro atoms. The highest BCUT2D eigenvalue weighted by Crippen LogP contribution is 2.30. The third-order valence-corrected chi connectivity index (χ3v) is 3.12. The van der Waals surface area contributed by atoms with Crippen LogP contribution >= 0.6 is 0 Å². The summed E-state index contributed by atoms with van der Waals surface area (Å²) in [5, 5.41) is 3.22. The van der Waals surface area contributed by atoms with Crippen LogP contribution in [-0.4, -0.2) is 26.8 Å². The molecule has 21 heavy (non-hydrogen) atoms. The van der Waals surface area contributed by atoms with Crippen molar-refractivity contribution in [2.75, 3.05) is 26.8 Å². The van der Waals surface area contributed by atoms with Crippen LogP contribution in [0.3, 0.4) is 0 Å². The van der Waals surface area contributed by atoms with Gasteiger partial charge in [0.15, 0.2) is 0 Å². The minimum Gasteiger partial charge on any atom is -0.383 e. The zero-order valence-corrected chi connectivity index (χ0v) is 12.6. The maximum absolute atomic E-state index is 12.7. The molecule has 0 bridgehead atoms. The number of halogens is 3. The van der Waals surface area contributed by atoms with Gasteiger partial charge >= 0.3 is 6.18 Å². The van der Waals surface area contributed by atoms with Gasteiger partial charge in [0.2, 0.25) is 0 Å². The number of ether oxygens (including phenoxy) is 1. The topological polar surface area (TPSA) is 21.3 Å². The average molecular weight is 301 g/mol. The summed E-state index contributed by atoms with van der Waals surface area (Å²) in [7, 11) is 1.63. The Morgan fingerprint density at radius 3 is 2.62 bits per heavy atom. The monoisotopic (exact) mass is 301 g/mol. The van der Waals surface area contributed by atoms with Gasteiger partial charge in [-0.2, -0.15) is 13.2 Å². The van der Waals surface area contributed by atoms with E-state index in [9.17, 15) is 13.2 Å². The molecule has 0 amide bonds. The molecule has 0 unspecified atom stereocenters. The lowest BCUT2D eigenvalue weighted by Crippen LogP contribution is -2.23. The van der Waals surface area contributed by atoms with Crippen LogP contribution in [0.4, 0.5) is 13.2 Å². The van der Waals surface area contributed by atoms with E-state index in [2.05, 4.69) is 5.32 Å². The van der Waals surface area contributed by atoms with Crippen molar-refractivity contribution in [3.05, 3.63) is 41.0 Å². The highest BCUT2D eigenvalue weighted by Gasteiger charge is 2.30. The second-order valence-electron chi connectivity index (χ2n) is 5.17. The van der Waals surface area contributed by atoms with Crippen LogP contribution in [0.1, 0.15) is 25.0 Å². The SMILES string of the molecule is COCCNCC(=Cc1cccc(C(F)(F)F)c1)C(C)C. The molecule has 0 saturated carbocycles. The third-order valence-electron chi connectivity index (χ3n) is 3.12. The van der Waals surface area contributed by atoms with Crippen molar-refractivity contribution in [3.63, 3.8) is 0 Å². The van der Waals surface area contributed by atoms with E-state index in [1.807, 2.05) is 19.9 Å². The molecule has 5 heteroatoms. The first kappa shape index (κ1) is 17.7. The molecule has 0 heterocycles. The van der Waals surface area contributed by atoms with Crippen LogP contribution in [0.5, 0.6) is 0 Å². The van der Waals surface area contributed by atoms with Crippen molar-refractivity contribution in [3.8, 4) is 0 Å². The molecule has 0 atom stereocenters. The lowest BCUT2D eigenvalue weighted by molar-refractivity contribution is -0.137. The minimum atomic E-state index is -4.31. The van der Waals surface area contributed by atoms with E-state index in [-0.39, 0.29) is 5.92 Å². The summed E-state index contributed by atoms with van der Waals surface area (Å²) in [4.78, 5) is 0. The Morgan fingerprint density at radius 1 is 1.33 bits per heavy atom. The van der Waals surface area contributed by atoms with Gasteiger partial charge in [-0.25, -0.2) is 0 Å². The highest BCUT2D eigenvalue weighted by molar-refractivity contribution is 5.55. The van der Waals surface area contributed by atoms with E-state index in [1.54, 1.807) is 13.2 Å². The molecular formula is C16H22F3NO. The van der Waals surface area contributed by atoms with Crippen molar-refractivity contribution in [1.29, 1.82) is 0 Å². The standard InChI is InChI=1S/C16H22F3NO/c1-12(2)14(11-20-7-8-21-3)9-13-5-4-6-15(10-13)16(17,18)19/h4-6,9-10,12,20H,7-8,11H2,1-3H3. The number of hydrogen-bond donors (Lipinski definition) is 1. The smallest absolute Gasteiger partial charge is 0.383 e. The lowest BCUT2D eigenvalue weighted by Gasteiger charge is -2.13. The summed E-state index contributed by atoms with van der Waals surface area (Å²) < 4.78 is 43.1. The average Bonchev–Trinajstić information content (AvgIpc) is 2.41. The van der Waals surface area contributed by atoms with Crippen LogP contribution in [-0.2, 0) is 10.9 Å². The van der Waals surface area contributed by atoms with Crippen LogP contribution in [0, 0.1) is 5.92 Å². The molecule has 1 aromatic rings. The van der Waals surface area contributed by atoms with Gasteiger partial charge in [-0.05, 0) is 23.6 Å². The van der Waals surface area contributed by atoms with E-state index in [0.717, 1.165) is 11.6 Å². The normalized spacial score (nSPS) is 13.0. The lowest BCUT2D eigenvalue weighted by atomic mass is 9.99. The second kappa shape index (κ2) is 8.20. The van der Waals surface area contributed by atoms with Gasteiger partial charge in [0.1, 0.15) is 0 Å². The molecule has 1 rings (SSSR count). The van der Waals surface area contributed by atoms with Crippen LogP contribution < -0.4 is 5.32 Å². The van der Waals surface area contributed by atoms with Crippen LogP contribution in [0.2, 0.25) is 0 Å². The zero-order valence-electron chi connectivity index (χ0n) is 12.6. The molecule has 0 aliphatic heterocycles. The molecular weight excluding hydrogens is 279 g/mol. The predicted molar refractivity (Wildman–Crippen MR) is 79.0 cm³/mol. The van der Waals surface area contributed by atoms with Crippen molar-refractivity contribution < 1.29 is 17.9 Å². The van der Waals surface area contributed by atoms with Gasteiger partial charge in [-0.3, -0.25) is 0 Å². The predicted octanol–water partition coefficient (Wildman–Crippen LogP) is 3.98. The highest BCUT2D eigenvalue weighted by atomic mass is 19.4. The van der Waals surface area contributed by atoms with Crippen molar-refractivity contribution in [1.82, 2.24) is 5.32 Å². The van der Waals surface area contributed by atoms with Gasteiger partial charge in [0.25, 0.3) is 0 Å². The molecule has 0 fully saturated rings. The van der Waals surface area contributed by atoms with Gasteiger partial charge in [-0.15, -0.1) is 0 Å². The Balaban J connectivity index is 2.85. The molecule has 0 aromatic heterocycles. The van der Waals surface area contributed by atoms with Crippen molar-refractivity contribution in [2.24, 2.45) is 5.92 Å². The van der Waals surface area contributed by atoms with Crippen molar-refractivity contribution >= 4 is 6.08 Å². The summed E-state index contributed by atoms with van der Waals surface area (Å²) in [6, 6.07) is 5.39. The molecule has 0 saturated heterocycles. The first-order chi connectivity index (χ1) is 9.84. The largest absolute Gasteiger partial charge is 0.416 e. The van der Waals surface area contributed by atoms with Crippen LogP contribution in [0.25, 0.3) is 6.08 Å². The molecule has 0 radical (unpaired) electrons. The zero-order chi connectivity index (χ0) is 15.9. The fourth-order valence-electron chi connectivity index (χ4n) is 1.85. The first-order valence-electron chi connectivity index (χ1n) is 6.92. The Morgan fingerprint density at radius 2 is 2.05 bits per heavy atom. The molecule has 118 valence electrons. The third kappa shape index (κ3) is 6.31. The summed E-state index contributed by atoms with van der Waals surface area (Å²) in [5.74, 6) is 0.259. The summed E-state index contributed by atoms with van der Waals surface area (Å²) in [5.41, 5.74) is 1.01. The molecule has 0 aliphatic carbocycles. The molecule has 0 aliphatic rings. The molecule has 1 aromatic carbocycles. The summed E-state index contributed by atoms with van der Waals surface area (Å²) >= 11 is 0.